The first kappa shape index (κ1) is 13.3. The highest BCUT2D eigenvalue weighted by molar-refractivity contribution is 7.18. The number of aliphatic hydroxyl groups is 1. The van der Waals surface area contributed by atoms with Crippen LogP contribution in [0.4, 0.5) is 0 Å². The average Bonchev–Trinajstić information content (AvgIpc) is 2.79. The van der Waals surface area contributed by atoms with Crippen molar-refractivity contribution in [2.45, 2.75) is 62.4 Å². The van der Waals surface area contributed by atoms with E-state index in [9.17, 15) is 5.11 Å². The number of rotatable bonds is 1. The van der Waals surface area contributed by atoms with Crippen molar-refractivity contribution in [3.63, 3.8) is 0 Å². The molecular weight excluding hydrogens is 245 g/mol. The van der Waals surface area contributed by atoms with E-state index < -0.39 is 5.34 Å². The quantitative estimate of drug-likeness (QED) is 0.719. The number of ether oxygens (including phenoxy) is 1. The molecule has 0 radical (unpaired) electrons. The SMILES string of the molecule is OC1(P)CCC(C2CCC3(CC2)NCCO3)CC1. The first-order valence-electron chi connectivity index (χ1n) is 7.49. The van der Waals surface area contributed by atoms with Gasteiger partial charge in [-0.15, -0.1) is 9.24 Å². The maximum absolute atomic E-state index is 9.99. The molecule has 3 rings (SSSR count). The second-order valence-corrected chi connectivity index (χ2v) is 7.62. The third-order valence-corrected chi connectivity index (χ3v) is 5.91. The fourth-order valence-corrected chi connectivity index (χ4v) is 4.42. The van der Waals surface area contributed by atoms with Gasteiger partial charge in [0.05, 0.1) is 11.9 Å². The average molecular weight is 271 g/mol. The summed E-state index contributed by atoms with van der Waals surface area (Å²) in [5.74, 6) is 1.70. The molecule has 0 aromatic heterocycles. The normalized spacial score (nSPS) is 49.7. The highest BCUT2D eigenvalue weighted by atomic mass is 31.0. The Morgan fingerprint density at radius 1 is 1.00 bits per heavy atom. The first-order chi connectivity index (χ1) is 8.59. The van der Waals surface area contributed by atoms with Gasteiger partial charge in [-0.3, -0.25) is 5.32 Å². The molecule has 1 unspecified atom stereocenters. The van der Waals surface area contributed by atoms with Crippen LogP contribution in [0.1, 0.15) is 51.4 Å². The molecule has 1 aliphatic heterocycles. The van der Waals surface area contributed by atoms with Gasteiger partial charge in [-0.25, -0.2) is 0 Å². The first-order valence-corrected chi connectivity index (χ1v) is 8.07. The predicted octanol–water partition coefficient (Wildman–Crippen LogP) is 2.25. The summed E-state index contributed by atoms with van der Waals surface area (Å²) >= 11 is 0. The Bertz CT molecular complexity index is 282. The molecule has 1 heterocycles. The van der Waals surface area contributed by atoms with Crippen LogP contribution >= 0.6 is 9.24 Å². The fourth-order valence-electron chi connectivity index (χ4n) is 4.09. The van der Waals surface area contributed by atoms with Crippen LogP contribution in [0.3, 0.4) is 0 Å². The summed E-state index contributed by atoms with van der Waals surface area (Å²) in [6.45, 7) is 1.91. The van der Waals surface area contributed by atoms with Gasteiger partial charge in [0.25, 0.3) is 0 Å². The number of nitrogens with one attached hydrogen (secondary N) is 1. The van der Waals surface area contributed by atoms with E-state index in [0.717, 1.165) is 37.8 Å². The molecule has 1 atom stereocenters. The van der Waals surface area contributed by atoms with Crippen LogP contribution in [0.25, 0.3) is 0 Å². The third-order valence-electron chi connectivity index (χ3n) is 5.33. The maximum atomic E-state index is 9.99. The highest BCUT2D eigenvalue weighted by Crippen LogP contribution is 2.45. The van der Waals surface area contributed by atoms with Crippen LogP contribution in [0.15, 0.2) is 0 Å². The van der Waals surface area contributed by atoms with E-state index in [1.54, 1.807) is 0 Å². The Morgan fingerprint density at radius 3 is 2.06 bits per heavy atom. The van der Waals surface area contributed by atoms with Crippen LogP contribution in [-0.4, -0.2) is 29.3 Å². The Morgan fingerprint density at radius 2 is 1.56 bits per heavy atom. The molecule has 2 aliphatic carbocycles. The second-order valence-electron chi connectivity index (χ2n) is 6.55. The van der Waals surface area contributed by atoms with Crippen molar-refractivity contribution >= 4 is 9.24 Å². The fraction of sp³-hybridized carbons (Fsp3) is 1.00. The molecule has 2 N–H and O–H groups in total. The summed E-state index contributed by atoms with van der Waals surface area (Å²) in [4.78, 5) is 0. The minimum Gasteiger partial charge on any atom is -0.386 e. The van der Waals surface area contributed by atoms with Gasteiger partial charge in [-0.1, -0.05) is 0 Å². The van der Waals surface area contributed by atoms with E-state index in [1.165, 1.54) is 38.5 Å². The molecule has 1 spiro atoms. The van der Waals surface area contributed by atoms with Gasteiger partial charge in [0.1, 0.15) is 5.72 Å². The summed E-state index contributed by atoms with van der Waals surface area (Å²) in [6, 6.07) is 0. The molecule has 3 nitrogen and oxygen atoms in total. The van der Waals surface area contributed by atoms with Crippen molar-refractivity contribution in [1.82, 2.24) is 5.32 Å². The molecule has 3 aliphatic rings. The lowest BCUT2D eigenvalue weighted by molar-refractivity contribution is -0.0584. The van der Waals surface area contributed by atoms with Crippen molar-refractivity contribution in [2.24, 2.45) is 11.8 Å². The van der Waals surface area contributed by atoms with Crippen molar-refractivity contribution in [1.29, 1.82) is 0 Å². The lowest BCUT2D eigenvalue weighted by Gasteiger charge is -2.42. The molecule has 104 valence electrons. The van der Waals surface area contributed by atoms with E-state index in [-0.39, 0.29) is 5.72 Å². The summed E-state index contributed by atoms with van der Waals surface area (Å²) in [5.41, 5.74) is 0.0342. The van der Waals surface area contributed by atoms with Crippen LogP contribution < -0.4 is 5.32 Å². The minimum absolute atomic E-state index is 0.0342. The molecular formula is C14H26NO2P. The highest BCUT2D eigenvalue weighted by Gasteiger charge is 2.41. The predicted molar refractivity (Wildman–Crippen MR) is 75.3 cm³/mol. The zero-order valence-electron chi connectivity index (χ0n) is 11.2. The van der Waals surface area contributed by atoms with Gasteiger partial charge < -0.3 is 9.84 Å². The molecule has 0 amide bonds. The van der Waals surface area contributed by atoms with Gasteiger partial charge >= 0.3 is 0 Å². The van der Waals surface area contributed by atoms with Crippen molar-refractivity contribution in [3.05, 3.63) is 0 Å². The number of hydrogen-bond acceptors (Lipinski definition) is 3. The topological polar surface area (TPSA) is 41.5 Å². The second kappa shape index (κ2) is 5.01. The summed E-state index contributed by atoms with van der Waals surface area (Å²) in [6.07, 6.45) is 9.27. The Balaban J connectivity index is 1.51. The van der Waals surface area contributed by atoms with E-state index in [2.05, 4.69) is 14.6 Å². The van der Waals surface area contributed by atoms with Gasteiger partial charge in [0, 0.05) is 6.54 Å². The van der Waals surface area contributed by atoms with E-state index in [1.807, 2.05) is 0 Å². The summed E-state index contributed by atoms with van der Waals surface area (Å²) < 4.78 is 5.90. The van der Waals surface area contributed by atoms with Crippen LogP contribution in [0, 0.1) is 11.8 Å². The Kier molecular flexibility index (Phi) is 3.70. The van der Waals surface area contributed by atoms with Crippen LogP contribution in [0.5, 0.6) is 0 Å². The largest absolute Gasteiger partial charge is 0.386 e. The van der Waals surface area contributed by atoms with Crippen molar-refractivity contribution in [3.8, 4) is 0 Å². The molecule has 0 aromatic rings. The monoisotopic (exact) mass is 271 g/mol. The van der Waals surface area contributed by atoms with Gasteiger partial charge in [0.2, 0.25) is 0 Å². The summed E-state index contributed by atoms with van der Waals surface area (Å²) in [7, 11) is 2.63. The third kappa shape index (κ3) is 2.75. The summed E-state index contributed by atoms with van der Waals surface area (Å²) in [5, 5.41) is 13.1. The van der Waals surface area contributed by atoms with Gasteiger partial charge in [-0.05, 0) is 63.2 Å². The molecule has 18 heavy (non-hydrogen) atoms. The van der Waals surface area contributed by atoms with E-state index in [4.69, 9.17) is 4.74 Å². The number of hydrogen-bond donors (Lipinski definition) is 2. The van der Waals surface area contributed by atoms with Crippen LogP contribution in [-0.2, 0) is 4.74 Å². The zero-order chi connectivity index (χ0) is 12.6. The molecule has 4 heteroatoms. The Hall–Kier alpha value is 0.310. The Labute approximate surface area is 112 Å². The van der Waals surface area contributed by atoms with Crippen molar-refractivity contribution in [2.75, 3.05) is 13.2 Å². The molecule has 0 aromatic carbocycles. The van der Waals surface area contributed by atoms with Crippen LogP contribution in [0.2, 0.25) is 0 Å². The lowest BCUT2D eigenvalue weighted by atomic mass is 9.71. The van der Waals surface area contributed by atoms with Gasteiger partial charge in [0.15, 0.2) is 0 Å². The lowest BCUT2D eigenvalue weighted by Crippen LogP contribution is -2.45. The molecule has 3 fully saturated rings. The molecule has 0 bridgehead atoms. The molecule has 1 saturated heterocycles. The molecule has 2 saturated carbocycles. The maximum Gasteiger partial charge on any atom is 0.119 e. The zero-order valence-corrected chi connectivity index (χ0v) is 12.3. The smallest absolute Gasteiger partial charge is 0.119 e. The van der Waals surface area contributed by atoms with Gasteiger partial charge in [-0.2, -0.15) is 0 Å². The van der Waals surface area contributed by atoms with Crippen molar-refractivity contribution < 1.29 is 9.84 Å². The van der Waals surface area contributed by atoms with E-state index >= 15 is 0 Å². The minimum atomic E-state index is -0.470. The standard InChI is InChI=1S/C14H26NO2P/c16-14(18)7-3-12(4-8-14)11-1-5-13(6-2-11)15-9-10-17-13/h11-12,15-16H,1-10,18H2. The van der Waals surface area contributed by atoms with E-state index in [0.29, 0.717) is 0 Å².